The summed E-state index contributed by atoms with van der Waals surface area (Å²) in [5.74, 6) is 0. The zero-order valence-corrected chi connectivity index (χ0v) is 18.4. The Morgan fingerprint density at radius 2 is 1.76 bits per heavy atom. The molecule has 1 N–H and O–H groups in total. The minimum absolute atomic E-state index is 0.170. The number of amides is 1. The maximum Gasteiger partial charge on any atom is 0.410 e. The molecular weight excluding hydrogens is 366 g/mol. The van der Waals surface area contributed by atoms with Crippen LogP contribution in [-0.2, 0) is 21.5 Å². The molecule has 5 heteroatoms. The lowest BCUT2D eigenvalue weighted by Gasteiger charge is -2.51. The third-order valence-electron chi connectivity index (χ3n) is 5.97. The number of carbonyl (C=O) groups excluding carboxylic acids is 1. The third-order valence-corrected chi connectivity index (χ3v) is 5.97. The van der Waals surface area contributed by atoms with E-state index in [2.05, 4.69) is 31.2 Å². The molecule has 5 nitrogen and oxygen atoms in total. The summed E-state index contributed by atoms with van der Waals surface area (Å²) >= 11 is 0. The largest absolute Gasteiger partial charge is 0.444 e. The van der Waals surface area contributed by atoms with Gasteiger partial charge in [0.05, 0.1) is 30.9 Å². The Bertz CT molecular complexity index is 665. The highest BCUT2D eigenvalue weighted by atomic mass is 16.6. The van der Waals surface area contributed by atoms with Crippen LogP contribution in [0.2, 0.25) is 0 Å². The van der Waals surface area contributed by atoms with Gasteiger partial charge in [-0.05, 0) is 44.7 Å². The van der Waals surface area contributed by atoms with E-state index in [9.17, 15) is 9.90 Å². The van der Waals surface area contributed by atoms with Crippen LogP contribution in [0, 0.1) is 0 Å². The number of unbranched alkanes of at least 4 members (excludes halogenated alkanes) is 3. The van der Waals surface area contributed by atoms with E-state index in [1.807, 2.05) is 20.8 Å². The zero-order chi connectivity index (χ0) is 21.1. The number of fused-ring (bicyclic) bond motifs is 2. The molecule has 0 spiro atoms. The SMILES string of the molecule is CCCCCCc1ccc(C2(O)CC3COCC(C2)N3C(=O)OC(C)(C)C)cc1. The molecule has 1 aromatic rings. The lowest BCUT2D eigenvalue weighted by Crippen LogP contribution is -2.63. The van der Waals surface area contributed by atoms with E-state index in [4.69, 9.17) is 9.47 Å². The fourth-order valence-electron chi connectivity index (χ4n) is 4.56. The van der Waals surface area contributed by atoms with Gasteiger partial charge in [0.25, 0.3) is 0 Å². The molecule has 0 aromatic heterocycles. The van der Waals surface area contributed by atoms with Crippen LogP contribution in [0.1, 0.15) is 77.3 Å². The van der Waals surface area contributed by atoms with Crippen LogP contribution in [0.15, 0.2) is 24.3 Å². The van der Waals surface area contributed by atoms with Crippen molar-refractivity contribution >= 4 is 6.09 Å². The van der Waals surface area contributed by atoms with Crippen molar-refractivity contribution in [2.45, 2.75) is 95.9 Å². The minimum atomic E-state index is -0.932. The van der Waals surface area contributed by atoms with Crippen molar-refractivity contribution in [3.05, 3.63) is 35.4 Å². The molecule has 2 atom stereocenters. The number of morpholine rings is 1. The molecular formula is C24H37NO4. The van der Waals surface area contributed by atoms with E-state index < -0.39 is 11.2 Å². The molecule has 1 aromatic carbocycles. The molecule has 162 valence electrons. The summed E-state index contributed by atoms with van der Waals surface area (Å²) in [6.07, 6.45) is 6.74. The fourth-order valence-corrected chi connectivity index (χ4v) is 4.56. The molecule has 2 aliphatic rings. The molecule has 2 fully saturated rings. The first-order chi connectivity index (χ1) is 13.7. The van der Waals surface area contributed by atoms with Gasteiger partial charge in [0.2, 0.25) is 0 Å². The number of carbonyl (C=O) groups is 1. The zero-order valence-electron chi connectivity index (χ0n) is 18.4. The number of benzene rings is 1. The number of aliphatic hydroxyl groups is 1. The van der Waals surface area contributed by atoms with Gasteiger partial charge in [-0.2, -0.15) is 0 Å². The monoisotopic (exact) mass is 403 g/mol. The number of aryl methyl sites for hydroxylation is 1. The van der Waals surface area contributed by atoms with Crippen LogP contribution < -0.4 is 0 Å². The highest BCUT2D eigenvalue weighted by Gasteiger charge is 2.49. The van der Waals surface area contributed by atoms with E-state index in [0.29, 0.717) is 26.1 Å². The van der Waals surface area contributed by atoms with Crippen LogP contribution in [-0.4, -0.2) is 47.0 Å². The Labute approximate surface area is 175 Å². The Hall–Kier alpha value is -1.59. The Balaban J connectivity index is 1.68. The van der Waals surface area contributed by atoms with Crippen molar-refractivity contribution in [2.24, 2.45) is 0 Å². The summed E-state index contributed by atoms with van der Waals surface area (Å²) in [6, 6.07) is 8.08. The second kappa shape index (κ2) is 9.05. The summed E-state index contributed by atoms with van der Waals surface area (Å²) in [5.41, 5.74) is 0.796. The Morgan fingerprint density at radius 1 is 1.14 bits per heavy atom. The number of hydrogen-bond donors (Lipinski definition) is 1. The first-order valence-electron chi connectivity index (χ1n) is 11.1. The molecule has 0 saturated carbocycles. The second-order valence-corrected chi connectivity index (χ2v) is 9.68. The molecule has 0 aliphatic carbocycles. The molecule has 29 heavy (non-hydrogen) atoms. The van der Waals surface area contributed by atoms with Gasteiger partial charge in [-0.3, -0.25) is 4.90 Å². The van der Waals surface area contributed by atoms with E-state index in [-0.39, 0.29) is 18.2 Å². The van der Waals surface area contributed by atoms with Gasteiger partial charge in [0, 0.05) is 12.8 Å². The quantitative estimate of drug-likeness (QED) is 0.694. The highest BCUT2D eigenvalue weighted by Crippen LogP contribution is 2.41. The molecule has 2 bridgehead atoms. The molecule has 2 unspecified atom stereocenters. The van der Waals surface area contributed by atoms with E-state index in [0.717, 1.165) is 12.0 Å². The van der Waals surface area contributed by atoms with Gasteiger partial charge in [0.15, 0.2) is 0 Å². The first kappa shape index (κ1) is 22.1. The Morgan fingerprint density at radius 3 is 2.31 bits per heavy atom. The maximum atomic E-state index is 12.7. The van der Waals surface area contributed by atoms with Crippen molar-refractivity contribution in [3.8, 4) is 0 Å². The number of ether oxygens (including phenoxy) is 2. The Kier molecular flexibility index (Phi) is 6.90. The topological polar surface area (TPSA) is 59.0 Å². The van der Waals surface area contributed by atoms with Gasteiger partial charge in [-0.1, -0.05) is 50.5 Å². The van der Waals surface area contributed by atoms with Crippen LogP contribution in [0.3, 0.4) is 0 Å². The van der Waals surface area contributed by atoms with Crippen LogP contribution in [0.4, 0.5) is 4.79 Å². The average molecular weight is 404 g/mol. The summed E-state index contributed by atoms with van der Waals surface area (Å²) in [4.78, 5) is 14.5. The minimum Gasteiger partial charge on any atom is -0.444 e. The van der Waals surface area contributed by atoms with Crippen molar-refractivity contribution in [3.63, 3.8) is 0 Å². The maximum absolute atomic E-state index is 12.7. The number of piperidine rings is 1. The van der Waals surface area contributed by atoms with Gasteiger partial charge in [0.1, 0.15) is 5.60 Å². The molecule has 1 amide bonds. The molecule has 2 aliphatic heterocycles. The number of nitrogens with zero attached hydrogens (tertiary/aromatic N) is 1. The van der Waals surface area contributed by atoms with Gasteiger partial charge in [-0.15, -0.1) is 0 Å². The second-order valence-electron chi connectivity index (χ2n) is 9.68. The first-order valence-corrected chi connectivity index (χ1v) is 11.1. The smallest absolute Gasteiger partial charge is 0.410 e. The third kappa shape index (κ3) is 5.52. The molecule has 3 rings (SSSR count). The summed E-state index contributed by atoms with van der Waals surface area (Å²) in [5, 5.41) is 11.5. The number of rotatable bonds is 6. The average Bonchev–Trinajstić information content (AvgIpc) is 2.63. The fraction of sp³-hybridized carbons (Fsp3) is 0.708. The lowest BCUT2D eigenvalue weighted by molar-refractivity contribution is -0.141. The van der Waals surface area contributed by atoms with Crippen LogP contribution in [0.25, 0.3) is 0 Å². The van der Waals surface area contributed by atoms with E-state index in [1.54, 1.807) is 4.90 Å². The van der Waals surface area contributed by atoms with Gasteiger partial charge >= 0.3 is 6.09 Å². The summed E-state index contributed by atoms with van der Waals surface area (Å²) < 4.78 is 11.3. The summed E-state index contributed by atoms with van der Waals surface area (Å²) in [7, 11) is 0. The van der Waals surface area contributed by atoms with Crippen molar-refractivity contribution in [2.75, 3.05) is 13.2 Å². The predicted octanol–water partition coefficient (Wildman–Crippen LogP) is 4.80. The molecule has 2 saturated heterocycles. The van der Waals surface area contributed by atoms with Gasteiger partial charge in [-0.25, -0.2) is 4.79 Å². The summed E-state index contributed by atoms with van der Waals surface area (Å²) in [6.45, 7) is 8.73. The van der Waals surface area contributed by atoms with E-state index >= 15 is 0 Å². The van der Waals surface area contributed by atoms with E-state index in [1.165, 1.54) is 31.2 Å². The van der Waals surface area contributed by atoms with Crippen LogP contribution in [0.5, 0.6) is 0 Å². The van der Waals surface area contributed by atoms with Crippen molar-refractivity contribution in [1.29, 1.82) is 0 Å². The lowest BCUT2D eigenvalue weighted by atomic mass is 9.77. The molecule has 2 heterocycles. The standard InChI is InChI=1S/C24H37NO4/c1-5-6-7-8-9-18-10-12-19(13-11-18)24(27)14-20-16-28-17-21(15-24)25(20)22(26)29-23(2,3)4/h10-13,20-21,27H,5-9,14-17H2,1-4H3. The predicted molar refractivity (Wildman–Crippen MR) is 114 cm³/mol. The number of hydrogen-bond acceptors (Lipinski definition) is 4. The van der Waals surface area contributed by atoms with Crippen LogP contribution >= 0.6 is 0 Å². The van der Waals surface area contributed by atoms with Gasteiger partial charge < -0.3 is 14.6 Å². The van der Waals surface area contributed by atoms with Crippen molar-refractivity contribution in [1.82, 2.24) is 4.90 Å². The highest BCUT2D eigenvalue weighted by molar-refractivity contribution is 5.69. The molecule has 0 radical (unpaired) electrons. The normalized spacial score (nSPS) is 27.0. The van der Waals surface area contributed by atoms with Crippen molar-refractivity contribution < 1.29 is 19.4 Å².